The van der Waals surface area contributed by atoms with Crippen LogP contribution in [0.2, 0.25) is 0 Å². The summed E-state index contributed by atoms with van der Waals surface area (Å²) >= 11 is 0. The molecule has 2 amide bonds. The van der Waals surface area contributed by atoms with E-state index in [2.05, 4.69) is 4.98 Å². The molecule has 0 N–H and O–H groups in total. The lowest BCUT2D eigenvalue weighted by molar-refractivity contribution is -0.150. The second-order valence-electron chi connectivity index (χ2n) is 6.51. The molecule has 2 saturated heterocycles. The lowest BCUT2D eigenvalue weighted by Gasteiger charge is -2.42. The van der Waals surface area contributed by atoms with Crippen LogP contribution in [0, 0.1) is 5.41 Å². The minimum Gasteiger partial charge on any atom is -0.480 e. The molecule has 3 heterocycles. The molecule has 1 aromatic heterocycles. The van der Waals surface area contributed by atoms with Gasteiger partial charge in [-0.25, -0.2) is 13.8 Å². The molecule has 0 bridgehead atoms. The maximum absolute atomic E-state index is 14.3. The molecule has 0 radical (unpaired) electrons. The van der Waals surface area contributed by atoms with E-state index in [0.717, 1.165) is 4.90 Å². The van der Waals surface area contributed by atoms with Crippen molar-refractivity contribution in [1.82, 2.24) is 14.8 Å². The Morgan fingerprint density at radius 1 is 1.38 bits per heavy atom. The number of pyridine rings is 1. The van der Waals surface area contributed by atoms with Crippen LogP contribution in [0.25, 0.3) is 0 Å². The normalized spacial score (nSPS) is 26.1. The summed E-state index contributed by atoms with van der Waals surface area (Å²) in [5, 5.41) is 0. The predicted molar refractivity (Wildman–Crippen MR) is 80.9 cm³/mol. The molecule has 1 spiro atoms. The largest absolute Gasteiger partial charge is 0.480 e. The highest BCUT2D eigenvalue weighted by molar-refractivity contribution is 5.97. The van der Waals surface area contributed by atoms with Crippen LogP contribution >= 0.6 is 0 Å². The number of rotatable bonds is 2. The van der Waals surface area contributed by atoms with E-state index in [1.54, 1.807) is 13.1 Å². The number of alkyl halides is 2. The van der Waals surface area contributed by atoms with Crippen LogP contribution < -0.4 is 4.74 Å². The van der Waals surface area contributed by atoms with Crippen molar-refractivity contribution in [3.63, 3.8) is 0 Å². The first kappa shape index (κ1) is 16.6. The second-order valence-corrected chi connectivity index (χ2v) is 6.51. The number of carbonyl (C=O) groups is 2. The molecule has 0 unspecified atom stereocenters. The van der Waals surface area contributed by atoms with Gasteiger partial charge in [0.05, 0.1) is 19.1 Å². The molecule has 1 aromatic rings. The molecule has 3 rings (SSSR count). The summed E-state index contributed by atoms with van der Waals surface area (Å²) in [6.07, 6.45) is 1.26. The van der Waals surface area contributed by atoms with Gasteiger partial charge in [-0.15, -0.1) is 0 Å². The zero-order chi connectivity index (χ0) is 17.5. The van der Waals surface area contributed by atoms with E-state index in [0.29, 0.717) is 13.0 Å². The number of methoxy groups -OCH3 is 1. The fraction of sp³-hybridized carbons (Fsp3) is 0.562. The smallest absolute Gasteiger partial charge is 0.266 e. The number of ether oxygens (including phenoxy) is 1. The summed E-state index contributed by atoms with van der Waals surface area (Å²) in [5.41, 5.74) is -1.09. The lowest BCUT2D eigenvalue weighted by atomic mass is 9.76. The highest BCUT2D eigenvalue weighted by atomic mass is 19.3. The topological polar surface area (TPSA) is 62.7 Å². The summed E-state index contributed by atoms with van der Waals surface area (Å²) in [4.78, 5) is 31.6. The van der Waals surface area contributed by atoms with Crippen molar-refractivity contribution in [3.8, 4) is 5.88 Å². The number of hydrogen-bond acceptors (Lipinski definition) is 4. The minimum absolute atomic E-state index is 0.0113. The molecule has 130 valence electrons. The Kier molecular flexibility index (Phi) is 3.93. The Morgan fingerprint density at radius 3 is 2.75 bits per heavy atom. The van der Waals surface area contributed by atoms with Gasteiger partial charge in [-0.1, -0.05) is 0 Å². The van der Waals surface area contributed by atoms with E-state index in [-0.39, 0.29) is 23.9 Å². The summed E-state index contributed by atoms with van der Waals surface area (Å²) in [6, 6.07) is 3.03. The monoisotopic (exact) mass is 339 g/mol. The Morgan fingerprint density at radius 2 is 2.12 bits per heavy atom. The van der Waals surface area contributed by atoms with Crippen LogP contribution in [0.1, 0.15) is 23.2 Å². The molecule has 1 atom stereocenters. The number of aromatic nitrogens is 1. The fourth-order valence-electron chi connectivity index (χ4n) is 3.64. The fourth-order valence-corrected chi connectivity index (χ4v) is 3.64. The van der Waals surface area contributed by atoms with Gasteiger partial charge in [0.2, 0.25) is 11.8 Å². The van der Waals surface area contributed by atoms with Crippen molar-refractivity contribution >= 4 is 11.8 Å². The summed E-state index contributed by atoms with van der Waals surface area (Å²) < 4.78 is 33.6. The van der Waals surface area contributed by atoms with Crippen molar-refractivity contribution in [2.45, 2.75) is 18.8 Å². The Balaban J connectivity index is 1.93. The zero-order valence-electron chi connectivity index (χ0n) is 13.6. The minimum atomic E-state index is -3.11. The van der Waals surface area contributed by atoms with E-state index in [4.69, 9.17) is 4.74 Å². The van der Waals surface area contributed by atoms with Gasteiger partial charge in [0.1, 0.15) is 5.56 Å². The lowest BCUT2D eigenvalue weighted by Crippen LogP contribution is -2.57. The average Bonchev–Trinajstić information content (AvgIpc) is 2.81. The van der Waals surface area contributed by atoms with Crippen molar-refractivity contribution in [3.05, 3.63) is 23.9 Å². The molecule has 8 heteroatoms. The molecule has 0 saturated carbocycles. The van der Waals surface area contributed by atoms with Gasteiger partial charge in [-0.2, -0.15) is 0 Å². The van der Waals surface area contributed by atoms with Gasteiger partial charge < -0.3 is 14.5 Å². The van der Waals surface area contributed by atoms with E-state index in [1.165, 1.54) is 24.3 Å². The van der Waals surface area contributed by atoms with Gasteiger partial charge in [0.15, 0.2) is 0 Å². The Hall–Kier alpha value is -2.25. The van der Waals surface area contributed by atoms with Gasteiger partial charge in [-0.3, -0.25) is 9.59 Å². The SMILES string of the molecule is COc1ncccc1C(=O)N1CC(F)(F)C[C@@]2(CCN(C)C2=O)C1. The number of likely N-dealkylation sites (tertiary alicyclic amines) is 2. The molecule has 2 aliphatic heterocycles. The summed E-state index contributed by atoms with van der Waals surface area (Å²) in [5.74, 6) is -3.94. The maximum Gasteiger partial charge on any atom is 0.266 e. The maximum atomic E-state index is 14.3. The number of piperidine rings is 1. The van der Waals surface area contributed by atoms with Crippen LogP contribution in [0.4, 0.5) is 8.78 Å². The van der Waals surface area contributed by atoms with Crippen LogP contribution in [0.3, 0.4) is 0 Å². The molecular formula is C16H19F2N3O3. The molecule has 2 aliphatic rings. The number of amides is 2. The molecular weight excluding hydrogens is 320 g/mol. The van der Waals surface area contributed by atoms with E-state index < -0.39 is 30.2 Å². The first-order valence-electron chi connectivity index (χ1n) is 7.70. The second kappa shape index (κ2) is 5.68. The number of halogens is 2. The number of carbonyl (C=O) groups excluding carboxylic acids is 2. The van der Waals surface area contributed by atoms with Crippen LogP contribution in [-0.2, 0) is 4.79 Å². The third-order valence-electron chi connectivity index (χ3n) is 4.72. The highest BCUT2D eigenvalue weighted by Gasteiger charge is 2.57. The van der Waals surface area contributed by atoms with Crippen molar-refractivity contribution in [2.24, 2.45) is 5.41 Å². The van der Waals surface area contributed by atoms with Crippen molar-refractivity contribution < 1.29 is 23.1 Å². The van der Waals surface area contributed by atoms with E-state index in [9.17, 15) is 18.4 Å². The predicted octanol–water partition coefficient (Wildman–Crippen LogP) is 1.42. The third kappa shape index (κ3) is 2.70. The van der Waals surface area contributed by atoms with Gasteiger partial charge in [0, 0.05) is 32.8 Å². The molecule has 0 aromatic carbocycles. The standard InChI is InChI=1S/C16H19F2N3O3/c1-20-7-5-15(14(20)23)8-16(17,18)10-21(9-15)13(22)11-4-3-6-19-12(11)24-2/h3-4,6H,5,7-10H2,1-2H3/t15-/m0/s1. The van der Waals surface area contributed by atoms with Gasteiger partial charge >= 0.3 is 0 Å². The van der Waals surface area contributed by atoms with Crippen LogP contribution in [0.15, 0.2) is 18.3 Å². The zero-order valence-corrected chi connectivity index (χ0v) is 13.6. The van der Waals surface area contributed by atoms with Gasteiger partial charge in [-0.05, 0) is 18.6 Å². The number of nitrogens with zero attached hydrogens (tertiary/aromatic N) is 3. The molecule has 2 fully saturated rings. The van der Waals surface area contributed by atoms with E-state index >= 15 is 0 Å². The third-order valence-corrected chi connectivity index (χ3v) is 4.72. The molecule has 0 aliphatic carbocycles. The van der Waals surface area contributed by atoms with Crippen molar-refractivity contribution in [2.75, 3.05) is 33.8 Å². The first-order chi connectivity index (χ1) is 11.3. The van der Waals surface area contributed by atoms with Crippen LogP contribution in [-0.4, -0.2) is 66.3 Å². The van der Waals surface area contributed by atoms with Crippen LogP contribution in [0.5, 0.6) is 5.88 Å². The van der Waals surface area contributed by atoms with Crippen molar-refractivity contribution in [1.29, 1.82) is 0 Å². The quantitative estimate of drug-likeness (QED) is 0.818. The molecule has 24 heavy (non-hydrogen) atoms. The summed E-state index contributed by atoms with van der Waals surface area (Å²) in [7, 11) is 2.96. The van der Waals surface area contributed by atoms with E-state index in [1.807, 2.05) is 0 Å². The highest BCUT2D eigenvalue weighted by Crippen LogP contribution is 2.45. The Bertz CT molecular complexity index is 682. The average molecular weight is 339 g/mol. The first-order valence-corrected chi connectivity index (χ1v) is 7.70. The molecule has 6 nitrogen and oxygen atoms in total. The summed E-state index contributed by atoms with van der Waals surface area (Å²) in [6.45, 7) is -0.293. The Labute approximate surface area is 138 Å². The van der Waals surface area contributed by atoms with Gasteiger partial charge in [0.25, 0.3) is 11.8 Å². The number of hydrogen-bond donors (Lipinski definition) is 0.